The van der Waals surface area contributed by atoms with Crippen LogP contribution in [0.3, 0.4) is 0 Å². The monoisotopic (exact) mass is 546 g/mol. The second-order valence-corrected chi connectivity index (χ2v) is 10.5. The van der Waals surface area contributed by atoms with E-state index in [-0.39, 0.29) is 37.4 Å². The summed E-state index contributed by atoms with van der Waals surface area (Å²) in [7, 11) is 0. The molecule has 0 saturated carbocycles. The Morgan fingerprint density at radius 3 is 2.32 bits per heavy atom. The largest absolute Gasteiger partial charge is 0.481 e. The fraction of sp³-hybridized carbons (Fsp3) is 0.444. The third kappa shape index (κ3) is 7.37. The van der Waals surface area contributed by atoms with Gasteiger partial charge in [0, 0.05) is 60.8 Å². The number of carbonyl (C=O) groups is 3. The summed E-state index contributed by atoms with van der Waals surface area (Å²) in [4.78, 5) is 43.5. The average Bonchev–Trinajstić information content (AvgIpc) is 3.37. The fourth-order valence-electron chi connectivity index (χ4n) is 5.05. The van der Waals surface area contributed by atoms with E-state index in [1.54, 1.807) is 40.1 Å². The number of carboxylic acids is 1. The Labute approximate surface area is 227 Å². The third-order valence-corrected chi connectivity index (χ3v) is 7.46. The Bertz CT molecular complexity index is 1140. The molecule has 2 aromatic rings. The Morgan fingerprint density at radius 2 is 1.65 bits per heavy atom. The summed E-state index contributed by atoms with van der Waals surface area (Å²) >= 11 is 12.4. The van der Waals surface area contributed by atoms with Crippen molar-refractivity contribution in [2.75, 3.05) is 39.3 Å². The summed E-state index contributed by atoms with van der Waals surface area (Å²) in [6.07, 6.45) is 2.34. The summed E-state index contributed by atoms with van der Waals surface area (Å²) in [6, 6.07) is 12.1. The molecule has 0 spiro atoms. The van der Waals surface area contributed by atoms with E-state index in [1.165, 1.54) is 12.8 Å². The highest BCUT2D eigenvalue weighted by atomic mass is 35.5. The quantitative estimate of drug-likeness (QED) is 0.462. The number of urea groups is 1. The number of carbonyl (C=O) groups excluding carboxylic acids is 2. The van der Waals surface area contributed by atoms with Crippen molar-refractivity contribution in [3.05, 3.63) is 69.2 Å². The Kier molecular flexibility index (Phi) is 9.29. The maximum Gasteiger partial charge on any atom is 0.320 e. The highest BCUT2D eigenvalue weighted by Crippen LogP contribution is 2.27. The van der Waals surface area contributed by atoms with Crippen LogP contribution in [0.25, 0.3) is 0 Å². The zero-order valence-electron chi connectivity index (χ0n) is 20.7. The molecule has 0 aliphatic carbocycles. The van der Waals surface area contributed by atoms with Crippen molar-refractivity contribution >= 4 is 41.1 Å². The first-order valence-corrected chi connectivity index (χ1v) is 13.3. The van der Waals surface area contributed by atoms with Gasteiger partial charge in [0.05, 0.1) is 6.42 Å². The molecule has 2 aliphatic rings. The van der Waals surface area contributed by atoms with Crippen LogP contribution >= 0.6 is 23.2 Å². The standard InChI is InChI=1S/C27H32Cl2N4O4/c28-22-8-7-21(24(29)14-22)18-33-16-19(13-25(34)35)15-32(27(33)37)17-20-5-1-2-6-23(20)26(36)30-9-12-31-10-3-4-11-31/h1-2,5-8,14,19H,3-4,9-13,15-18H2,(H,30,36)(H,34,35). The first kappa shape index (κ1) is 27.2. The number of benzene rings is 2. The molecule has 0 radical (unpaired) electrons. The van der Waals surface area contributed by atoms with Crippen molar-refractivity contribution in [1.29, 1.82) is 0 Å². The minimum atomic E-state index is -0.915. The highest BCUT2D eigenvalue weighted by molar-refractivity contribution is 6.35. The fourth-order valence-corrected chi connectivity index (χ4v) is 5.52. The topological polar surface area (TPSA) is 93.2 Å². The van der Waals surface area contributed by atoms with Crippen molar-refractivity contribution < 1.29 is 19.5 Å². The molecule has 0 bridgehead atoms. The molecule has 0 aromatic heterocycles. The first-order chi connectivity index (χ1) is 17.8. The van der Waals surface area contributed by atoms with E-state index in [1.807, 2.05) is 12.1 Å². The Hall–Kier alpha value is -2.81. The predicted molar refractivity (Wildman–Crippen MR) is 143 cm³/mol. The van der Waals surface area contributed by atoms with Gasteiger partial charge >= 0.3 is 12.0 Å². The third-order valence-electron chi connectivity index (χ3n) is 6.87. The lowest BCUT2D eigenvalue weighted by Gasteiger charge is -2.40. The van der Waals surface area contributed by atoms with Crippen LogP contribution < -0.4 is 5.32 Å². The van der Waals surface area contributed by atoms with Gasteiger partial charge in [0.1, 0.15) is 0 Å². The highest BCUT2D eigenvalue weighted by Gasteiger charge is 2.33. The number of rotatable bonds is 10. The minimum Gasteiger partial charge on any atom is -0.481 e. The van der Waals surface area contributed by atoms with Crippen LogP contribution in [-0.2, 0) is 17.9 Å². The summed E-state index contributed by atoms with van der Waals surface area (Å²) in [5.74, 6) is -1.35. The van der Waals surface area contributed by atoms with Crippen LogP contribution in [0.1, 0.15) is 40.7 Å². The van der Waals surface area contributed by atoms with Crippen molar-refractivity contribution in [1.82, 2.24) is 20.0 Å². The summed E-state index contributed by atoms with van der Waals surface area (Å²) in [6.45, 7) is 4.55. The molecule has 2 heterocycles. The second-order valence-electron chi connectivity index (χ2n) is 9.71. The van der Waals surface area contributed by atoms with Crippen molar-refractivity contribution in [3.8, 4) is 0 Å². The van der Waals surface area contributed by atoms with E-state index < -0.39 is 5.97 Å². The predicted octanol–water partition coefficient (Wildman–Crippen LogP) is 4.35. The molecule has 37 heavy (non-hydrogen) atoms. The lowest BCUT2D eigenvalue weighted by atomic mass is 9.99. The molecule has 2 fully saturated rings. The Morgan fingerprint density at radius 1 is 0.973 bits per heavy atom. The Balaban J connectivity index is 1.47. The zero-order valence-corrected chi connectivity index (χ0v) is 22.2. The van der Waals surface area contributed by atoms with Gasteiger partial charge in [-0.15, -0.1) is 0 Å². The van der Waals surface area contributed by atoms with Gasteiger partial charge in [-0.3, -0.25) is 9.59 Å². The van der Waals surface area contributed by atoms with Gasteiger partial charge in [-0.25, -0.2) is 4.79 Å². The van der Waals surface area contributed by atoms with Gasteiger partial charge < -0.3 is 25.1 Å². The second kappa shape index (κ2) is 12.6. The molecule has 10 heteroatoms. The zero-order chi connectivity index (χ0) is 26.4. The maximum absolute atomic E-state index is 13.5. The number of carboxylic acid groups (broad SMARTS) is 1. The van der Waals surface area contributed by atoms with E-state index in [9.17, 15) is 19.5 Å². The number of halogens is 2. The summed E-state index contributed by atoms with van der Waals surface area (Å²) in [5, 5.41) is 13.4. The van der Waals surface area contributed by atoms with E-state index in [4.69, 9.17) is 23.2 Å². The normalized spacial score (nSPS) is 18.3. The molecule has 2 N–H and O–H groups in total. The number of amides is 3. The molecular formula is C27H32Cl2N4O4. The van der Waals surface area contributed by atoms with Gasteiger partial charge in [0.15, 0.2) is 0 Å². The molecule has 198 valence electrons. The average molecular weight is 547 g/mol. The molecule has 2 aliphatic heterocycles. The molecule has 2 aromatic carbocycles. The van der Waals surface area contributed by atoms with Crippen molar-refractivity contribution in [2.45, 2.75) is 32.4 Å². The lowest BCUT2D eigenvalue weighted by molar-refractivity contribution is -0.138. The smallest absolute Gasteiger partial charge is 0.320 e. The molecule has 2 saturated heterocycles. The van der Waals surface area contributed by atoms with Crippen LogP contribution in [-0.4, -0.2) is 77.0 Å². The molecule has 4 rings (SSSR count). The number of likely N-dealkylation sites (tertiary alicyclic amines) is 1. The maximum atomic E-state index is 13.5. The molecule has 1 unspecified atom stereocenters. The van der Waals surface area contributed by atoms with Gasteiger partial charge in [-0.1, -0.05) is 47.5 Å². The van der Waals surface area contributed by atoms with Crippen LogP contribution in [0.15, 0.2) is 42.5 Å². The summed E-state index contributed by atoms with van der Waals surface area (Å²) in [5.41, 5.74) is 1.97. The van der Waals surface area contributed by atoms with E-state index in [0.29, 0.717) is 35.2 Å². The van der Waals surface area contributed by atoms with Gasteiger partial charge in [0.2, 0.25) is 0 Å². The van der Waals surface area contributed by atoms with Gasteiger partial charge in [-0.2, -0.15) is 0 Å². The SMILES string of the molecule is O=C(O)CC1CN(Cc2ccc(Cl)cc2Cl)C(=O)N(Cc2ccccc2C(=O)NCCN2CCCC2)C1. The number of aliphatic carboxylic acids is 1. The molecule has 1 atom stereocenters. The number of hydrogen-bond donors (Lipinski definition) is 2. The van der Waals surface area contributed by atoms with E-state index in [0.717, 1.165) is 30.8 Å². The van der Waals surface area contributed by atoms with Crippen LogP contribution in [0.2, 0.25) is 10.0 Å². The van der Waals surface area contributed by atoms with Crippen LogP contribution in [0.5, 0.6) is 0 Å². The molecular weight excluding hydrogens is 515 g/mol. The minimum absolute atomic E-state index is 0.0622. The summed E-state index contributed by atoms with van der Waals surface area (Å²) < 4.78 is 0. The number of hydrogen-bond acceptors (Lipinski definition) is 4. The van der Waals surface area contributed by atoms with E-state index >= 15 is 0 Å². The molecule has 8 nitrogen and oxygen atoms in total. The van der Waals surface area contributed by atoms with Crippen molar-refractivity contribution in [2.24, 2.45) is 5.92 Å². The number of nitrogens with one attached hydrogen (secondary N) is 1. The van der Waals surface area contributed by atoms with Crippen LogP contribution in [0.4, 0.5) is 4.79 Å². The van der Waals surface area contributed by atoms with Crippen molar-refractivity contribution in [3.63, 3.8) is 0 Å². The van der Waals surface area contributed by atoms with Gasteiger partial charge in [0.25, 0.3) is 5.91 Å². The van der Waals surface area contributed by atoms with E-state index in [2.05, 4.69) is 10.2 Å². The first-order valence-electron chi connectivity index (χ1n) is 12.6. The number of nitrogens with zero attached hydrogens (tertiary/aromatic N) is 3. The van der Waals surface area contributed by atoms with Crippen LogP contribution in [0, 0.1) is 5.92 Å². The molecule has 3 amide bonds. The lowest BCUT2D eigenvalue weighted by Crippen LogP contribution is -2.53. The van der Waals surface area contributed by atoms with Gasteiger partial charge in [-0.05, 0) is 55.3 Å².